The molecule has 0 fully saturated rings. The van der Waals surface area contributed by atoms with Gasteiger partial charge in [0.05, 0.1) is 0 Å². The summed E-state index contributed by atoms with van der Waals surface area (Å²) in [5, 5.41) is 0. The van der Waals surface area contributed by atoms with Crippen LogP contribution in [0.15, 0.2) is 18.2 Å². The summed E-state index contributed by atoms with van der Waals surface area (Å²) >= 11 is 0. The number of alkyl halides is 2. The van der Waals surface area contributed by atoms with E-state index < -0.39 is 6.61 Å². The van der Waals surface area contributed by atoms with Crippen LogP contribution in [0, 0.1) is 0 Å². The zero-order valence-corrected chi connectivity index (χ0v) is 9.30. The molecule has 0 saturated heterocycles. The van der Waals surface area contributed by atoms with Crippen LogP contribution in [0.25, 0.3) is 0 Å². The summed E-state index contributed by atoms with van der Waals surface area (Å²) in [6, 6.07) is 4.56. The van der Waals surface area contributed by atoms with E-state index in [1.165, 1.54) is 12.1 Å². The van der Waals surface area contributed by atoms with Crippen molar-refractivity contribution in [3.05, 3.63) is 29.3 Å². The maximum Gasteiger partial charge on any atom is 0.387 e. The molecule has 1 aromatic rings. The van der Waals surface area contributed by atoms with Crippen LogP contribution in [0.1, 0.15) is 36.2 Å². The van der Waals surface area contributed by atoms with E-state index in [1.807, 2.05) is 6.92 Å². The molecule has 0 aromatic heterocycles. The largest absolute Gasteiger partial charge is 0.435 e. The van der Waals surface area contributed by atoms with Crippen LogP contribution < -0.4 is 4.74 Å². The lowest BCUT2D eigenvalue weighted by atomic mass is 10.0. The number of halogens is 2. The van der Waals surface area contributed by atoms with Crippen molar-refractivity contribution in [2.45, 2.75) is 33.3 Å². The van der Waals surface area contributed by atoms with Crippen LogP contribution in [0.2, 0.25) is 0 Å². The molecule has 0 unspecified atom stereocenters. The third-order valence-electron chi connectivity index (χ3n) is 2.30. The smallest absolute Gasteiger partial charge is 0.387 e. The van der Waals surface area contributed by atoms with Gasteiger partial charge >= 0.3 is 6.61 Å². The van der Waals surface area contributed by atoms with Crippen LogP contribution in [0.4, 0.5) is 8.78 Å². The highest BCUT2D eigenvalue weighted by molar-refractivity contribution is 5.96. The van der Waals surface area contributed by atoms with Gasteiger partial charge in [0.15, 0.2) is 5.78 Å². The number of benzene rings is 1. The molecular weight excluding hydrogens is 214 g/mol. The third-order valence-corrected chi connectivity index (χ3v) is 2.30. The minimum Gasteiger partial charge on any atom is -0.435 e. The van der Waals surface area contributed by atoms with Gasteiger partial charge in [-0.15, -0.1) is 0 Å². The molecule has 1 rings (SSSR count). The zero-order valence-electron chi connectivity index (χ0n) is 9.30. The Labute approximate surface area is 93.2 Å². The summed E-state index contributed by atoms with van der Waals surface area (Å²) in [5.74, 6) is 0.142. The molecule has 0 N–H and O–H groups in total. The average molecular weight is 228 g/mol. The first-order valence-electron chi connectivity index (χ1n) is 5.19. The van der Waals surface area contributed by atoms with E-state index in [1.54, 1.807) is 13.0 Å². The molecule has 0 saturated carbocycles. The minimum atomic E-state index is -2.84. The van der Waals surface area contributed by atoms with Crippen molar-refractivity contribution in [1.29, 1.82) is 0 Å². The Kier molecular flexibility index (Phi) is 4.40. The number of carbonyl (C=O) groups excluding carboxylic acids is 1. The van der Waals surface area contributed by atoms with Gasteiger partial charge in [0.2, 0.25) is 0 Å². The lowest BCUT2D eigenvalue weighted by Gasteiger charge is -2.10. The maximum absolute atomic E-state index is 12.1. The summed E-state index contributed by atoms with van der Waals surface area (Å²) in [7, 11) is 0. The molecule has 0 bridgehead atoms. The van der Waals surface area contributed by atoms with Gasteiger partial charge in [-0.25, -0.2) is 0 Å². The van der Waals surface area contributed by atoms with Gasteiger partial charge in [0, 0.05) is 12.0 Å². The molecule has 4 heteroatoms. The summed E-state index contributed by atoms with van der Waals surface area (Å²) < 4.78 is 28.5. The lowest BCUT2D eigenvalue weighted by Crippen LogP contribution is -2.05. The Hall–Kier alpha value is -1.45. The second kappa shape index (κ2) is 5.58. The Morgan fingerprint density at radius 3 is 2.56 bits per heavy atom. The van der Waals surface area contributed by atoms with Gasteiger partial charge in [0.1, 0.15) is 5.75 Å². The van der Waals surface area contributed by atoms with E-state index in [4.69, 9.17) is 0 Å². The van der Waals surface area contributed by atoms with Gasteiger partial charge in [0.25, 0.3) is 0 Å². The van der Waals surface area contributed by atoms with Crippen molar-refractivity contribution >= 4 is 5.78 Å². The van der Waals surface area contributed by atoms with Gasteiger partial charge in [-0.3, -0.25) is 4.79 Å². The monoisotopic (exact) mass is 228 g/mol. The first kappa shape index (κ1) is 12.6. The van der Waals surface area contributed by atoms with Gasteiger partial charge in [-0.2, -0.15) is 8.78 Å². The predicted molar refractivity (Wildman–Crippen MR) is 57.1 cm³/mol. The van der Waals surface area contributed by atoms with Crippen molar-refractivity contribution in [2.24, 2.45) is 0 Å². The Morgan fingerprint density at radius 1 is 1.38 bits per heavy atom. The molecule has 0 spiro atoms. The van der Waals surface area contributed by atoms with Crippen molar-refractivity contribution in [3.63, 3.8) is 0 Å². The second-order valence-electron chi connectivity index (χ2n) is 3.33. The summed E-state index contributed by atoms with van der Waals surface area (Å²) in [4.78, 5) is 11.4. The highest BCUT2D eigenvalue weighted by Crippen LogP contribution is 2.23. The van der Waals surface area contributed by atoms with Crippen molar-refractivity contribution < 1.29 is 18.3 Å². The standard InChI is InChI=1S/C12H14F2O2/c1-3-8-7-9(10(15)4-2)5-6-11(8)16-12(13)14/h5-7,12H,3-4H2,1-2H3. The number of aryl methyl sites for hydroxylation is 1. The molecule has 0 aliphatic rings. The second-order valence-corrected chi connectivity index (χ2v) is 3.33. The van der Waals surface area contributed by atoms with E-state index in [2.05, 4.69) is 4.74 Å². The maximum atomic E-state index is 12.1. The van der Waals surface area contributed by atoms with Crippen molar-refractivity contribution in [2.75, 3.05) is 0 Å². The first-order chi connectivity index (χ1) is 7.58. The lowest BCUT2D eigenvalue weighted by molar-refractivity contribution is -0.0504. The first-order valence-corrected chi connectivity index (χ1v) is 5.19. The number of hydrogen-bond acceptors (Lipinski definition) is 2. The Balaban J connectivity index is 3.01. The number of carbonyl (C=O) groups is 1. The number of hydrogen-bond donors (Lipinski definition) is 0. The highest BCUT2D eigenvalue weighted by Gasteiger charge is 2.11. The van der Waals surface area contributed by atoms with Crippen LogP contribution >= 0.6 is 0 Å². The molecule has 16 heavy (non-hydrogen) atoms. The van der Waals surface area contributed by atoms with E-state index >= 15 is 0 Å². The quantitative estimate of drug-likeness (QED) is 0.721. The third kappa shape index (κ3) is 3.02. The summed E-state index contributed by atoms with van der Waals surface area (Å²) in [5.41, 5.74) is 1.17. The Bertz CT molecular complexity index is 375. The highest BCUT2D eigenvalue weighted by atomic mass is 19.3. The van der Waals surface area contributed by atoms with E-state index in [0.717, 1.165) is 0 Å². The number of Topliss-reactive ketones (excluding diaryl/α,β-unsaturated/α-hetero) is 1. The zero-order chi connectivity index (χ0) is 12.1. The molecule has 0 radical (unpaired) electrons. The SMILES string of the molecule is CCC(=O)c1ccc(OC(F)F)c(CC)c1. The molecule has 88 valence electrons. The van der Waals surface area contributed by atoms with Crippen molar-refractivity contribution in [3.8, 4) is 5.75 Å². The number of ketones is 1. The molecule has 1 aromatic carbocycles. The van der Waals surface area contributed by atoms with Crippen LogP contribution in [0.5, 0.6) is 5.75 Å². The molecule has 0 aliphatic heterocycles. The Morgan fingerprint density at radius 2 is 2.06 bits per heavy atom. The molecular formula is C12H14F2O2. The fourth-order valence-corrected chi connectivity index (χ4v) is 1.44. The van der Waals surface area contributed by atoms with E-state index in [-0.39, 0.29) is 11.5 Å². The molecule has 0 aliphatic carbocycles. The van der Waals surface area contributed by atoms with Crippen LogP contribution in [-0.4, -0.2) is 12.4 Å². The van der Waals surface area contributed by atoms with Gasteiger partial charge in [-0.05, 0) is 30.2 Å². The topological polar surface area (TPSA) is 26.3 Å². The average Bonchev–Trinajstić information content (AvgIpc) is 2.27. The van der Waals surface area contributed by atoms with Crippen LogP contribution in [-0.2, 0) is 6.42 Å². The molecule has 2 nitrogen and oxygen atoms in total. The fourth-order valence-electron chi connectivity index (χ4n) is 1.44. The van der Waals surface area contributed by atoms with Crippen molar-refractivity contribution in [1.82, 2.24) is 0 Å². The molecule has 0 atom stereocenters. The fraction of sp³-hybridized carbons (Fsp3) is 0.417. The van der Waals surface area contributed by atoms with Gasteiger partial charge in [-0.1, -0.05) is 13.8 Å². The predicted octanol–water partition coefficient (Wildman–Crippen LogP) is 3.44. The normalized spacial score (nSPS) is 10.6. The van der Waals surface area contributed by atoms with Crippen LogP contribution in [0.3, 0.4) is 0 Å². The van der Waals surface area contributed by atoms with E-state index in [9.17, 15) is 13.6 Å². The summed E-state index contributed by atoms with van der Waals surface area (Å²) in [6.45, 7) is 0.754. The number of rotatable bonds is 5. The molecule has 0 heterocycles. The molecule has 0 amide bonds. The minimum absolute atomic E-state index is 0.00158. The number of ether oxygens (including phenoxy) is 1. The summed E-state index contributed by atoms with van der Waals surface area (Å²) in [6.07, 6.45) is 0.949. The van der Waals surface area contributed by atoms with E-state index in [0.29, 0.717) is 24.0 Å². The van der Waals surface area contributed by atoms with Gasteiger partial charge < -0.3 is 4.74 Å².